The zero-order valence-corrected chi connectivity index (χ0v) is 15.6. The molecular weight excluding hydrogens is 398 g/mol. The number of nitrogens with zero attached hydrogens (tertiary/aromatic N) is 3. The SMILES string of the molecule is CC(=CC(c1cc(Cl)cc(Cl)c1)C(F)(F)F)c1ccc(-n2cncn2)cc1. The lowest BCUT2D eigenvalue weighted by molar-refractivity contribution is -0.139. The molecule has 3 rings (SSSR count). The maximum absolute atomic E-state index is 13.6. The van der Waals surface area contributed by atoms with Crippen LogP contribution >= 0.6 is 23.2 Å². The minimum atomic E-state index is -4.48. The molecule has 1 aromatic heterocycles. The summed E-state index contributed by atoms with van der Waals surface area (Å²) >= 11 is 11.8. The van der Waals surface area contributed by atoms with Crippen molar-refractivity contribution in [2.75, 3.05) is 0 Å². The molecule has 27 heavy (non-hydrogen) atoms. The van der Waals surface area contributed by atoms with E-state index in [9.17, 15) is 13.2 Å². The number of alkyl halides is 3. The number of rotatable bonds is 4. The van der Waals surface area contributed by atoms with Crippen molar-refractivity contribution in [3.8, 4) is 5.69 Å². The molecule has 0 radical (unpaired) electrons. The number of halogens is 5. The maximum atomic E-state index is 13.6. The van der Waals surface area contributed by atoms with Crippen molar-refractivity contribution in [3.05, 3.63) is 82.4 Å². The number of hydrogen-bond acceptors (Lipinski definition) is 2. The van der Waals surface area contributed by atoms with Crippen molar-refractivity contribution in [1.82, 2.24) is 14.8 Å². The maximum Gasteiger partial charge on any atom is 0.399 e. The zero-order chi connectivity index (χ0) is 19.6. The third kappa shape index (κ3) is 4.70. The molecule has 0 saturated heterocycles. The first-order valence-electron chi connectivity index (χ1n) is 7.90. The number of benzene rings is 2. The highest BCUT2D eigenvalue weighted by molar-refractivity contribution is 6.34. The zero-order valence-electron chi connectivity index (χ0n) is 14.1. The van der Waals surface area contributed by atoms with Crippen LogP contribution in [-0.4, -0.2) is 20.9 Å². The number of hydrogen-bond donors (Lipinski definition) is 0. The monoisotopic (exact) mass is 411 g/mol. The van der Waals surface area contributed by atoms with Crippen molar-refractivity contribution >= 4 is 28.8 Å². The molecule has 0 aliphatic rings. The van der Waals surface area contributed by atoms with E-state index in [2.05, 4.69) is 10.1 Å². The van der Waals surface area contributed by atoms with Gasteiger partial charge in [-0.05, 0) is 54.0 Å². The molecule has 1 atom stereocenters. The molecule has 2 aromatic carbocycles. The van der Waals surface area contributed by atoms with Gasteiger partial charge in [0.15, 0.2) is 0 Å². The summed E-state index contributed by atoms with van der Waals surface area (Å²) in [6.45, 7) is 1.63. The second kappa shape index (κ2) is 7.74. The molecular formula is C19H14Cl2F3N3. The molecule has 8 heteroatoms. The summed E-state index contributed by atoms with van der Waals surface area (Å²) < 4.78 is 42.5. The second-order valence-corrected chi connectivity index (χ2v) is 6.83. The van der Waals surface area contributed by atoms with Crippen LogP contribution in [0.4, 0.5) is 13.2 Å². The highest BCUT2D eigenvalue weighted by atomic mass is 35.5. The van der Waals surface area contributed by atoms with Gasteiger partial charge in [-0.15, -0.1) is 0 Å². The van der Waals surface area contributed by atoms with E-state index in [1.807, 2.05) is 0 Å². The molecule has 0 fully saturated rings. The molecule has 140 valence electrons. The van der Waals surface area contributed by atoms with Gasteiger partial charge in [0.1, 0.15) is 12.7 Å². The summed E-state index contributed by atoms with van der Waals surface area (Å²) in [6.07, 6.45) is -0.355. The van der Waals surface area contributed by atoms with Gasteiger partial charge < -0.3 is 0 Å². The van der Waals surface area contributed by atoms with Gasteiger partial charge in [0.25, 0.3) is 0 Å². The van der Waals surface area contributed by atoms with Crippen LogP contribution in [0.2, 0.25) is 10.0 Å². The number of aromatic nitrogens is 3. The molecule has 1 heterocycles. The Bertz CT molecular complexity index is 929. The van der Waals surface area contributed by atoms with Crippen molar-refractivity contribution in [2.24, 2.45) is 0 Å². The number of allylic oxidation sites excluding steroid dienone is 2. The highest BCUT2D eigenvalue weighted by Crippen LogP contribution is 2.39. The van der Waals surface area contributed by atoms with E-state index in [1.54, 1.807) is 42.2 Å². The van der Waals surface area contributed by atoms with E-state index in [0.717, 1.165) is 5.69 Å². The first-order valence-corrected chi connectivity index (χ1v) is 8.66. The van der Waals surface area contributed by atoms with Crippen molar-refractivity contribution in [1.29, 1.82) is 0 Å². The van der Waals surface area contributed by atoms with Crippen LogP contribution in [0.5, 0.6) is 0 Å². The van der Waals surface area contributed by atoms with Gasteiger partial charge in [-0.1, -0.05) is 41.4 Å². The van der Waals surface area contributed by atoms with Crippen molar-refractivity contribution in [3.63, 3.8) is 0 Å². The molecule has 3 nitrogen and oxygen atoms in total. The summed E-state index contributed by atoms with van der Waals surface area (Å²) in [4.78, 5) is 3.86. The predicted octanol–water partition coefficient (Wildman–Crippen LogP) is 6.32. The molecule has 0 N–H and O–H groups in total. The van der Waals surface area contributed by atoms with Crippen molar-refractivity contribution in [2.45, 2.75) is 19.0 Å². The Morgan fingerprint density at radius 1 is 1.07 bits per heavy atom. The Morgan fingerprint density at radius 3 is 2.22 bits per heavy atom. The Labute approximate surface area is 164 Å². The summed E-state index contributed by atoms with van der Waals surface area (Å²) in [6, 6.07) is 11.0. The van der Waals surface area contributed by atoms with Crippen LogP contribution in [0.3, 0.4) is 0 Å². The van der Waals surface area contributed by atoms with Crippen LogP contribution in [0.25, 0.3) is 11.3 Å². The normalized spacial score (nSPS) is 13.6. The van der Waals surface area contributed by atoms with Gasteiger partial charge in [0.2, 0.25) is 0 Å². The molecule has 3 aromatic rings. The minimum absolute atomic E-state index is 0.00131. The summed E-state index contributed by atoms with van der Waals surface area (Å²) in [5.74, 6) is -1.82. The van der Waals surface area contributed by atoms with Gasteiger partial charge >= 0.3 is 6.18 Å². The average Bonchev–Trinajstić information content (AvgIpc) is 3.12. The Morgan fingerprint density at radius 2 is 1.70 bits per heavy atom. The Balaban J connectivity index is 1.95. The standard InChI is InChI=1S/C19H14Cl2F3N3/c1-12(13-2-4-17(5-3-13)27-11-25-10-26-27)6-18(19(22,23)24)14-7-15(20)9-16(21)8-14/h2-11,18H,1H3. The lowest BCUT2D eigenvalue weighted by atomic mass is 9.94. The third-order valence-corrected chi connectivity index (χ3v) is 4.46. The molecule has 0 spiro atoms. The lowest BCUT2D eigenvalue weighted by Gasteiger charge is -2.19. The molecule has 0 saturated carbocycles. The van der Waals surface area contributed by atoms with Crippen LogP contribution in [0.15, 0.2) is 61.2 Å². The Hall–Kier alpha value is -2.31. The fraction of sp³-hybridized carbons (Fsp3) is 0.158. The third-order valence-electron chi connectivity index (χ3n) is 4.02. The van der Waals surface area contributed by atoms with Gasteiger partial charge in [-0.2, -0.15) is 18.3 Å². The van der Waals surface area contributed by atoms with E-state index in [4.69, 9.17) is 23.2 Å². The van der Waals surface area contributed by atoms with Crippen LogP contribution in [-0.2, 0) is 0 Å². The second-order valence-electron chi connectivity index (χ2n) is 5.96. The first-order chi connectivity index (χ1) is 12.7. The largest absolute Gasteiger partial charge is 0.399 e. The van der Waals surface area contributed by atoms with E-state index >= 15 is 0 Å². The van der Waals surface area contributed by atoms with Gasteiger partial charge in [-0.3, -0.25) is 0 Å². The Kier molecular flexibility index (Phi) is 5.58. The van der Waals surface area contributed by atoms with Gasteiger partial charge in [-0.25, -0.2) is 9.67 Å². The average molecular weight is 412 g/mol. The summed E-state index contributed by atoms with van der Waals surface area (Å²) in [7, 11) is 0. The lowest BCUT2D eigenvalue weighted by Crippen LogP contribution is -2.19. The summed E-state index contributed by atoms with van der Waals surface area (Å²) in [5, 5.41) is 4.34. The quantitative estimate of drug-likeness (QED) is 0.502. The molecule has 0 aliphatic heterocycles. The predicted molar refractivity (Wildman–Crippen MR) is 100 cm³/mol. The first kappa shape index (κ1) is 19.5. The molecule has 0 amide bonds. The fourth-order valence-corrected chi connectivity index (χ4v) is 3.24. The van der Waals surface area contributed by atoms with Gasteiger partial charge in [0, 0.05) is 10.0 Å². The van der Waals surface area contributed by atoms with E-state index < -0.39 is 12.1 Å². The topological polar surface area (TPSA) is 30.7 Å². The van der Waals surface area contributed by atoms with Gasteiger partial charge in [0.05, 0.1) is 11.6 Å². The minimum Gasteiger partial charge on any atom is -0.223 e. The van der Waals surface area contributed by atoms with E-state index in [-0.39, 0.29) is 15.6 Å². The molecule has 0 bridgehead atoms. The van der Waals surface area contributed by atoms with Crippen LogP contribution < -0.4 is 0 Å². The summed E-state index contributed by atoms with van der Waals surface area (Å²) in [5.41, 5.74) is 1.91. The van der Waals surface area contributed by atoms with E-state index in [0.29, 0.717) is 11.1 Å². The smallest absolute Gasteiger partial charge is 0.223 e. The fourth-order valence-electron chi connectivity index (χ4n) is 2.70. The van der Waals surface area contributed by atoms with Crippen LogP contribution in [0.1, 0.15) is 24.0 Å². The highest BCUT2D eigenvalue weighted by Gasteiger charge is 2.39. The van der Waals surface area contributed by atoms with E-state index in [1.165, 1.54) is 30.6 Å². The van der Waals surface area contributed by atoms with Crippen molar-refractivity contribution < 1.29 is 13.2 Å². The molecule has 0 aliphatic carbocycles. The van der Waals surface area contributed by atoms with Crippen LogP contribution in [0, 0.1) is 0 Å². The molecule has 1 unspecified atom stereocenters.